The average Bonchev–Trinajstić information content (AvgIpc) is 2.62. The first-order valence-electron chi connectivity index (χ1n) is 8.84. The molecule has 1 aromatic rings. The molecule has 26 heavy (non-hydrogen) atoms. The minimum absolute atomic E-state index is 0.0508. The number of nitrogens with one attached hydrogen (secondary N) is 2. The van der Waals surface area contributed by atoms with Crippen LogP contribution in [0.15, 0.2) is 24.3 Å². The van der Waals surface area contributed by atoms with E-state index in [-0.39, 0.29) is 24.5 Å². The second-order valence-electron chi connectivity index (χ2n) is 6.37. The maximum atomic E-state index is 12.4. The van der Waals surface area contributed by atoms with Gasteiger partial charge in [-0.15, -0.1) is 0 Å². The van der Waals surface area contributed by atoms with Crippen LogP contribution in [0.1, 0.15) is 31.9 Å². The summed E-state index contributed by atoms with van der Waals surface area (Å²) >= 11 is 0. The molecule has 0 aromatic heterocycles. The quantitative estimate of drug-likeness (QED) is 0.811. The number of alkyl halides is 2. The van der Waals surface area contributed by atoms with E-state index in [1.54, 1.807) is 28.9 Å². The van der Waals surface area contributed by atoms with Gasteiger partial charge in [-0.1, -0.05) is 19.1 Å². The van der Waals surface area contributed by atoms with Crippen LogP contribution in [0, 0.1) is 0 Å². The van der Waals surface area contributed by atoms with Crippen LogP contribution in [0.5, 0.6) is 0 Å². The standard InChI is InChI=1S/C18H26F2N4O2/c1-3-17(25)22-15-6-4-14(5-7-15)13(2)21-18(26)24-10-8-23(9-11-24)12-16(19)20/h4-7,13,16H,3,8-12H2,1-2H3,(H,21,26)(H,22,25). The number of carbonyl (C=O) groups is 2. The Hall–Kier alpha value is -2.22. The van der Waals surface area contributed by atoms with E-state index in [2.05, 4.69) is 10.6 Å². The van der Waals surface area contributed by atoms with E-state index in [0.29, 0.717) is 38.3 Å². The van der Waals surface area contributed by atoms with Crippen LogP contribution in [0.25, 0.3) is 0 Å². The number of benzene rings is 1. The first kappa shape index (κ1) is 20.1. The number of urea groups is 1. The maximum absolute atomic E-state index is 12.4. The molecule has 6 nitrogen and oxygen atoms in total. The fraction of sp³-hybridized carbons (Fsp3) is 0.556. The third-order valence-corrected chi connectivity index (χ3v) is 4.41. The molecule has 0 spiro atoms. The lowest BCUT2D eigenvalue weighted by atomic mass is 10.1. The highest BCUT2D eigenvalue weighted by Crippen LogP contribution is 2.17. The van der Waals surface area contributed by atoms with Crippen molar-refractivity contribution in [3.8, 4) is 0 Å². The molecule has 2 N–H and O–H groups in total. The van der Waals surface area contributed by atoms with Gasteiger partial charge in [-0.05, 0) is 24.6 Å². The second-order valence-corrected chi connectivity index (χ2v) is 6.37. The summed E-state index contributed by atoms with van der Waals surface area (Å²) in [5, 5.41) is 5.70. The van der Waals surface area contributed by atoms with Crippen LogP contribution >= 0.6 is 0 Å². The minimum atomic E-state index is -2.35. The van der Waals surface area contributed by atoms with Crippen LogP contribution in [0.4, 0.5) is 19.3 Å². The van der Waals surface area contributed by atoms with Crippen molar-refractivity contribution in [3.63, 3.8) is 0 Å². The molecule has 1 unspecified atom stereocenters. The zero-order valence-corrected chi connectivity index (χ0v) is 15.2. The van der Waals surface area contributed by atoms with Gasteiger partial charge in [-0.25, -0.2) is 13.6 Å². The third-order valence-electron chi connectivity index (χ3n) is 4.41. The Morgan fingerprint density at radius 1 is 1.12 bits per heavy atom. The molecule has 2 rings (SSSR count). The van der Waals surface area contributed by atoms with Crippen LogP contribution in [-0.4, -0.2) is 60.9 Å². The van der Waals surface area contributed by atoms with E-state index < -0.39 is 6.43 Å². The number of anilines is 1. The molecule has 0 radical (unpaired) electrons. The summed E-state index contributed by atoms with van der Waals surface area (Å²) in [6.07, 6.45) is -1.93. The zero-order chi connectivity index (χ0) is 19.1. The first-order valence-corrected chi connectivity index (χ1v) is 8.84. The minimum Gasteiger partial charge on any atom is -0.331 e. The van der Waals surface area contributed by atoms with Gasteiger partial charge in [0, 0.05) is 38.3 Å². The summed E-state index contributed by atoms with van der Waals surface area (Å²) in [6, 6.07) is 6.92. The Bertz CT molecular complexity index is 602. The van der Waals surface area contributed by atoms with Gasteiger partial charge in [0.05, 0.1) is 12.6 Å². The van der Waals surface area contributed by atoms with Crippen LogP contribution in [0.2, 0.25) is 0 Å². The van der Waals surface area contributed by atoms with Gasteiger partial charge in [0.1, 0.15) is 0 Å². The van der Waals surface area contributed by atoms with E-state index in [4.69, 9.17) is 0 Å². The molecule has 144 valence electrons. The van der Waals surface area contributed by atoms with E-state index in [0.717, 1.165) is 5.56 Å². The van der Waals surface area contributed by atoms with Gasteiger partial charge in [0.15, 0.2) is 0 Å². The van der Waals surface area contributed by atoms with Crippen molar-refractivity contribution in [2.75, 3.05) is 38.0 Å². The number of carbonyl (C=O) groups excluding carboxylic acids is 2. The van der Waals surface area contributed by atoms with Crippen molar-refractivity contribution >= 4 is 17.6 Å². The number of amides is 3. The molecule has 0 bridgehead atoms. The Kier molecular flexibility index (Phi) is 7.32. The Morgan fingerprint density at radius 2 is 1.73 bits per heavy atom. The van der Waals surface area contributed by atoms with Crippen molar-refractivity contribution in [1.82, 2.24) is 15.1 Å². The van der Waals surface area contributed by atoms with Crippen LogP contribution < -0.4 is 10.6 Å². The lowest BCUT2D eigenvalue weighted by Crippen LogP contribution is -2.52. The van der Waals surface area contributed by atoms with Crippen LogP contribution in [0.3, 0.4) is 0 Å². The molecule has 8 heteroatoms. The smallest absolute Gasteiger partial charge is 0.317 e. The van der Waals surface area contributed by atoms with Crippen molar-refractivity contribution in [1.29, 1.82) is 0 Å². The fourth-order valence-electron chi connectivity index (χ4n) is 2.79. The summed E-state index contributed by atoms with van der Waals surface area (Å²) in [5.41, 5.74) is 1.64. The summed E-state index contributed by atoms with van der Waals surface area (Å²) < 4.78 is 24.8. The highest BCUT2D eigenvalue weighted by molar-refractivity contribution is 5.90. The molecular weight excluding hydrogens is 342 g/mol. The predicted octanol–water partition coefficient (Wildman–Crippen LogP) is 2.69. The summed E-state index contributed by atoms with van der Waals surface area (Å²) in [5.74, 6) is -0.0508. The lowest BCUT2D eigenvalue weighted by Gasteiger charge is -2.35. The normalized spacial score (nSPS) is 16.4. The van der Waals surface area contributed by atoms with Crippen LogP contribution in [-0.2, 0) is 4.79 Å². The van der Waals surface area contributed by atoms with Crippen molar-refractivity contribution in [2.24, 2.45) is 0 Å². The molecule has 0 saturated carbocycles. The van der Waals surface area contributed by atoms with Gasteiger partial charge in [-0.2, -0.15) is 0 Å². The maximum Gasteiger partial charge on any atom is 0.317 e. The molecular formula is C18H26F2N4O2. The summed E-state index contributed by atoms with van der Waals surface area (Å²) in [4.78, 5) is 27.1. The fourth-order valence-corrected chi connectivity index (χ4v) is 2.79. The second kappa shape index (κ2) is 9.47. The molecule has 1 atom stereocenters. The largest absolute Gasteiger partial charge is 0.331 e. The Balaban J connectivity index is 1.82. The summed E-state index contributed by atoms with van der Waals surface area (Å²) in [6.45, 7) is 5.21. The number of nitrogens with zero attached hydrogens (tertiary/aromatic N) is 2. The van der Waals surface area contributed by atoms with Gasteiger partial charge in [-0.3, -0.25) is 9.69 Å². The van der Waals surface area contributed by atoms with Gasteiger partial charge in [0.25, 0.3) is 6.43 Å². The summed E-state index contributed by atoms with van der Waals surface area (Å²) in [7, 11) is 0. The van der Waals surface area contributed by atoms with Crippen molar-refractivity contribution in [3.05, 3.63) is 29.8 Å². The molecule has 1 heterocycles. The topological polar surface area (TPSA) is 64.7 Å². The number of hydrogen-bond donors (Lipinski definition) is 2. The number of halogens is 2. The number of rotatable bonds is 6. The third kappa shape index (κ3) is 5.94. The highest BCUT2D eigenvalue weighted by atomic mass is 19.3. The predicted molar refractivity (Wildman–Crippen MR) is 96.3 cm³/mol. The monoisotopic (exact) mass is 368 g/mol. The van der Waals surface area contributed by atoms with E-state index in [9.17, 15) is 18.4 Å². The number of hydrogen-bond acceptors (Lipinski definition) is 3. The molecule has 1 aromatic carbocycles. The van der Waals surface area contributed by atoms with E-state index in [1.165, 1.54) is 0 Å². The molecule has 0 aliphatic carbocycles. The SMILES string of the molecule is CCC(=O)Nc1ccc(C(C)NC(=O)N2CCN(CC(F)F)CC2)cc1. The van der Waals surface area contributed by atoms with Crippen molar-refractivity contribution < 1.29 is 18.4 Å². The zero-order valence-electron chi connectivity index (χ0n) is 15.2. The van der Waals surface area contributed by atoms with Gasteiger partial charge >= 0.3 is 6.03 Å². The Morgan fingerprint density at radius 3 is 2.27 bits per heavy atom. The van der Waals surface area contributed by atoms with Gasteiger partial charge in [0.2, 0.25) is 5.91 Å². The molecule has 1 aliphatic heterocycles. The van der Waals surface area contributed by atoms with Crippen molar-refractivity contribution in [2.45, 2.75) is 32.7 Å². The van der Waals surface area contributed by atoms with Gasteiger partial charge < -0.3 is 15.5 Å². The number of piperazine rings is 1. The Labute approximate surface area is 152 Å². The van der Waals surface area contributed by atoms with E-state index >= 15 is 0 Å². The molecule has 3 amide bonds. The molecule has 1 fully saturated rings. The molecule has 1 aliphatic rings. The highest BCUT2D eigenvalue weighted by Gasteiger charge is 2.23. The van der Waals surface area contributed by atoms with E-state index in [1.807, 2.05) is 19.1 Å². The first-order chi connectivity index (χ1) is 12.4. The lowest BCUT2D eigenvalue weighted by molar-refractivity contribution is -0.115. The molecule has 1 saturated heterocycles. The average molecular weight is 368 g/mol.